The highest BCUT2D eigenvalue weighted by Crippen LogP contribution is 1.85. The van der Waals surface area contributed by atoms with Gasteiger partial charge in [-0.25, -0.2) is 0 Å². The van der Waals surface area contributed by atoms with Crippen molar-refractivity contribution in [2.24, 2.45) is 0 Å². The lowest BCUT2D eigenvalue weighted by Gasteiger charge is -2.08. The average Bonchev–Trinajstić information content (AvgIpc) is 2.68. The molecular weight excluding hydrogens is 206 g/mol. The monoisotopic (exact) mass is 225 g/mol. The second kappa shape index (κ2) is 6.95. The van der Waals surface area contributed by atoms with Crippen molar-refractivity contribution in [2.75, 3.05) is 13.1 Å². The molecule has 1 amide bonds. The molecule has 0 radical (unpaired) electrons. The van der Waals surface area contributed by atoms with E-state index in [2.05, 4.69) is 20.9 Å². The van der Waals surface area contributed by atoms with Crippen LogP contribution in [-0.4, -0.2) is 40.0 Å². The van der Waals surface area contributed by atoms with Crippen molar-refractivity contribution in [1.29, 1.82) is 0 Å². The summed E-state index contributed by atoms with van der Waals surface area (Å²) in [6.45, 7) is 5.88. The second-order valence-corrected chi connectivity index (χ2v) is 3.92. The van der Waals surface area contributed by atoms with E-state index < -0.39 is 0 Å². The maximum Gasteiger partial charge on any atom is 0.234 e. The number of hydrogen-bond acceptors (Lipinski definition) is 4. The Bertz CT molecular complexity index is 296. The van der Waals surface area contributed by atoms with Gasteiger partial charge >= 0.3 is 0 Å². The Balaban J connectivity index is 1.98. The van der Waals surface area contributed by atoms with E-state index in [1.807, 2.05) is 20.0 Å². The molecule has 0 saturated heterocycles. The van der Waals surface area contributed by atoms with Crippen molar-refractivity contribution in [1.82, 2.24) is 25.6 Å². The van der Waals surface area contributed by atoms with Crippen LogP contribution >= 0.6 is 0 Å². The van der Waals surface area contributed by atoms with E-state index in [1.165, 1.54) is 0 Å². The first-order valence-corrected chi connectivity index (χ1v) is 5.52. The third kappa shape index (κ3) is 5.45. The first-order valence-electron chi connectivity index (χ1n) is 5.52. The molecule has 0 atom stereocenters. The van der Waals surface area contributed by atoms with Crippen LogP contribution in [0.1, 0.15) is 20.3 Å². The fourth-order valence-electron chi connectivity index (χ4n) is 1.29. The first kappa shape index (κ1) is 12.6. The molecule has 0 aliphatic rings. The van der Waals surface area contributed by atoms with Crippen LogP contribution < -0.4 is 10.6 Å². The average molecular weight is 225 g/mol. The minimum Gasteiger partial charge on any atom is -0.353 e. The van der Waals surface area contributed by atoms with Gasteiger partial charge in [0.25, 0.3) is 0 Å². The fourth-order valence-corrected chi connectivity index (χ4v) is 1.29. The highest BCUT2D eigenvalue weighted by atomic mass is 16.1. The number of nitrogens with zero attached hydrogens (tertiary/aromatic N) is 3. The molecule has 0 spiro atoms. The van der Waals surface area contributed by atoms with Crippen LogP contribution in [-0.2, 0) is 11.3 Å². The zero-order valence-electron chi connectivity index (χ0n) is 9.81. The lowest BCUT2D eigenvalue weighted by molar-refractivity contribution is -0.120. The molecule has 0 aliphatic heterocycles. The van der Waals surface area contributed by atoms with Crippen molar-refractivity contribution >= 4 is 5.91 Å². The zero-order chi connectivity index (χ0) is 11.8. The van der Waals surface area contributed by atoms with Crippen LogP contribution in [0.3, 0.4) is 0 Å². The smallest absolute Gasteiger partial charge is 0.234 e. The predicted molar refractivity (Wildman–Crippen MR) is 60.8 cm³/mol. The van der Waals surface area contributed by atoms with Gasteiger partial charge in [0.2, 0.25) is 5.91 Å². The highest BCUT2D eigenvalue weighted by molar-refractivity contribution is 5.78. The SMILES string of the molecule is CC(C)NC(=O)CNCCCn1ccnn1. The molecule has 16 heavy (non-hydrogen) atoms. The molecule has 0 fully saturated rings. The molecule has 0 aromatic carbocycles. The summed E-state index contributed by atoms with van der Waals surface area (Å²) < 4.78 is 1.77. The molecule has 0 aliphatic carbocycles. The predicted octanol–water partition coefficient (Wildman–Crippen LogP) is -0.218. The van der Waals surface area contributed by atoms with Crippen molar-refractivity contribution in [3.8, 4) is 0 Å². The number of rotatable bonds is 7. The Morgan fingerprint density at radius 3 is 2.94 bits per heavy atom. The summed E-state index contributed by atoms with van der Waals surface area (Å²) in [6.07, 6.45) is 4.41. The van der Waals surface area contributed by atoms with Crippen LogP contribution in [0, 0.1) is 0 Å². The van der Waals surface area contributed by atoms with E-state index in [9.17, 15) is 4.79 Å². The Kier molecular flexibility index (Phi) is 5.49. The molecule has 6 heteroatoms. The topological polar surface area (TPSA) is 71.8 Å². The van der Waals surface area contributed by atoms with Crippen molar-refractivity contribution in [3.63, 3.8) is 0 Å². The molecule has 0 bridgehead atoms. The van der Waals surface area contributed by atoms with Crippen LogP contribution in [0.15, 0.2) is 12.4 Å². The van der Waals surface area contributed by atoms with E-state index >= 15 is 0 Å². The summed E-state index contributed by atoms with van der Waals surface area (Å²) in [6, 6.07) is 0.199. The Labute approximate surface area is 95.4 Å². The quantitative estimate of drug-likeness (QED) is 0.629. The summed E-state index contributed by atoms with van der Waals surface area (Å²) in [5, 5.41) is 13.5. The third-order valence-corrected chi connectivity index (χ3v) is 1.95. The van der Waals surface area contributed by atoms with Gasteiger partial charge in [-0.1, -0.05) is 5.21 Å². The Morgan fingerprint density at radius 1 is 1.50 bits per heavy atom. The van der Waals surface area contributed by atoms with Gasteiger partial charge in [-0.3, -0.25) is 9.48 Å². The van der Waals surface area contributed by atoms with Crippen LogP contribution in [0.5, 0.6) is 0 Å². The van der Waals surface area contributed by atoms with Gasteiger partial charge in [0, 0.05) is 18.8 Å². The molecule has 1 rings (SSSR count). The summed E-state index contributed by atoms with van der Waals surface area (Å²) in [4.78, 5) is 11.2. The number of hydrogen-bond donors (Lipinski definition) is 2. The maximum absolute atomic E-state index is 11.2. The van der Waals surface area contributed by atoms with Crippen LogP contribution in [0.25, 0.3) is 0 Å². The van der Waals surface area contributed by atoms with Gasteiger partial charge in [0.05, 0.1) is 12.7 Å². The summed E-state index contributed by atoms with van der Waals surface area (Å²) in [5.41, 5.74) is 0. The van der Waals surface area contributed by atoms with Gasteiger partial charge < -0.3 is 10.6 Å². The largest absolute Gasteiger partial charge is 0.353 e. The number of aromatic nitrogens is 3. The Morgan fingerprint density at radius 2 is 2.31 bits per heavy atom. The fraction of sp³-hybridized carbons (Fsp3) is 0.700. The minimum absolute atomic E-state index is 0.0377. The van der Waals surface area contributed by atoms with Gasteiger partial charge in [0.1, 0.15) is 0 Å². The van der Waals surface area contributed by atoms with E-state index in [0.29, 0.717) is 6.54 Å². The van der Waals surface area contributed by atoms with Crippen molar-refractivity contribution in [2.45, 2.75) is 32.9 Å². The van der Waals surface area contributed by atoms with Crippen molar-refractivity contribution in [3.05, 3.63) is 12.4 Å². The molecule has 2 N–H and O–H groups in total. The van der Waals surface area contributed by atoms with Gasteiger partial charge in [-0.05, 0) is 26.8 Å². The van der Waals surface area contributed by atoms with Gasteiger partial charge in [-0.2, -0.15) is 0 Å². The Hall–Kier alpha value is -1.43. The highest BCUT2D eigenvalue weighted by Gasteiger charge is 2.01. The maximum atomic E-state index is 11.2. The summed E-state index contributed by atoms with van der Waals surface area (Å²) in [7, 11) is 0. The molecule has 1 aromatic heterocycles. The summed E-state index contributed by atoms with van der Waals surface area (Å²) >= 11 is 0. The molecular formula is C10H19N5O. The minimum atomic E-state index is 0.0377. The number of carbonyl (C=O) groups is 1. The van der Waals surface area contributed by atoms with Crippen LogP contribution in [0.4, 0.5) is 0 Å². The van der Waals surface area contributed by atoms with Crippen LogP contribution in [0.2, 0.25) is 0 Å². The van der Waals surface area contributed by atoms with E-state index in [1.54, 1.807) is 10.9 Å². The number of nitrogens with one attached hydrogen (secondary N) is 2. The molecule has 6 nitrogen and oxygen atoms in total. The van der Waals surface area contributed by atoms with Gasteiger partial charge in [0.15, 0.2) is 0 Å². The normalized spacial score (nSPS) is 10.7. The molecule has 90 valence electrons. The molecule has 1 aromatic rings. The van der Waals surface area contributed by atoms with E-state index in [4.69, 9.17) is 0 Å². The second-order valence-electron chi connectivity index (χ2n) is 3.92. The van der Waals surface area contributed by atoms with E-state index in [0.717, 1.165) is 19.5 Å². The molecule has 0 unspecified atom stereocenters. The van der Waals surface area contributed by atoms with Crippen molar-refractivity contribution < 1.29 is 4.79 Å². The van der Waals surface area contributed by atoms with Gasteiger partial charge in [-0.15, -0.1) is 5.10 Å². The summed E-state index contributed by atoms with van der Waals surface area (Å²) in [5.74, 6) is 0.0377. The third-order valence-electron chi connectivity index (χ3n) is 1.95. The lowest BCUT2D eigenvalue weighted by Crippen LogP contribution is -2.38. The number of aryl methyl sites for hydroxylation is 1. The number of amides is 1. The molecule has 0 saturated carbocycles. The van der Waals surface area contributed by atoms with E-state index in [-0.39, 0.29) is 11.9 Å². The molecule has 1 heterocycles. The standard InChI is InChI=1S/C10H19N5O/c1-9(2)13-10(16)8-11-4-3-6-15-7-5-12-14-15/h5,7,9,11H,3-4,6,8H2,1-2H3,(H,13,16). The first-order chi connectivity index (χ1) is 7.68. The number of carbonyl (C=O) groups excluding carboxylic acids is 1. The zero-order valence-corrected chi connectivity index (χ0v) is 9.81. The lowest BCUT2D eigenvalue weighted by atomic mass is 10.4.